The summed E-state index contributed by atoms with van der Waals surface area (Å²) in [7, 11) is -3.63. The molecule has 134 valence electrons. The Bertz CT molecular complexity index is 839. The minimum atomic E-state index is -3.63. The van der Waals surface area contributed by atoms with Gasteiger partial charge in [0.05, 0.1) is 22.0 Å². The number of para-hydroxylation sites is 1. The number of ether oxygens (including phenoxy) is 1. The van der Waals surface area contributed by atoms with Gasteiger partial charge in [-0.3, -0.25) is 4.79 Å². The summed E-state index contributed by atoms with van der Waals surface area (Å²) in [6.07, 6.45) is -0.309. The largest absolute Gasteiger partial charge is 0.373 e. The average Bonchev–Trinajstić information content (AvgIpc) is 3.06. The Balaban J connectivity index is 1.77. The molecule has 2 aromatic rings. The molecule has 1 N–H and O–H groups in total. The van der Waals surface area contributed by atoms with E-state index in [-0.39, 0.29) is 23.0 Å². The molecule has 0 unspecified atom stereocenters. The molecule has 0 radical (unpaired) electrons. The van der Waals surface area contributed by atoms with Gasteiger partial charge in [-0.05, 0) is 32.0 Å². The third kappa shape index (κ3) is 4.09. The third-order valence-corrected chi connectivity index (χ3v) is 6.74. The summed E-state index contributed by atoms with van der Waals surface area (Å²) in [6.45, 7) is 4.33. The molecule has 6 nitrogen and oxygen atoms in total. The summed E-state index contributed by atoms with van der Waals surface area (Å²) in [4.78, 5) is 12.8. The third-order valence-electron chi connectivity index (χ3n) is 3.85. The monoisotopic (exact) mass is 380 g/mol. The Morgan fingerprint density at radius 2 is 1.84 bits per heavy atom. The molecule has 2 atom stereocenters. The minimum Gasteiger partial charge on any atom is -0.373 e. The number of thiophene rings is 1. The van der Waals surface area contributed by atoms with Crippen LogP contribution in [0.4, 0.5) is 5.69 Å². The van der Waals surface area contributed by atoms with Gasteiger partial charge in [0.25, 0.3) is 5.91 Å². The SMILES string of the molecule is C[C@@H]1CN(S(=O)(=O)c2csc(C(=O)Nc3ccccc3)c2)C[C@@H](C)O1. The highest BCUT2D eigenvalue weighted by atomic mass is 32.2. The van der Waals surface area contributed by atoms with Crippen molar-refractivity contribution >= 4 is 33.0 Å². The van der Waals surface area contributed by atoms with Gasteiger partial charge in [0.1, 0.15) is 0 Å². The van der Waals surface area contributed by atoms with Crippen molar-refractivity contribution in [1.82, 2.24) is 4.31 Å². The van der Waals surface area contributed by atoms with Crippen LogP contribution in [0.1, 0.15) is 23.5 Å². The van der Waals surface area contributed by atoms with Gasteiger partial charge in [-0.15, -0.1) is 11.3 Å². The van der Waals surface area contributed by atoms with E-state index >= 15 is 0 Å². The Morgan fingerprint density at radius 1 is 1.20 bits per heavy atom. The van der Waals surface area contributed by atoms with Crippen LogP contribution in [-0.4, -0.2) is 43.9 Å². The molecule has 8 heteroatoms. The molecule has 25 heavy (non-hydrogen) atoms. The molecular formula is C17H20N2O4S2. The van der Waals surface area contributed by atoms with Crippen molar-refractivity contribution in [2.45, 2.75) is 31.0 Å². The Morgan fingerprint density at radius 3 is 2.48 bits per heavy atom. The van der Waals surface area contributed by atoms with Crippen LogP contribution < -0.4 is 5.32 Å². The molecule has 1 aromatic carbocycles. The van der Waals surface area contributed by atoms with Crippen LogP contribution in [0.5, 0.6) is 0 Å². The molecular weight excluding hydrogens is 360 g/mol. The summed E-state index contributed by atoms with van der Waals surface area (Å²) in [5.74, 6) is -0.318. The number of carbonyl (C=O) groups is 1. The Hall–Kier alpha value is -1.74. The standard InChI is InChI=1S/C17H20N2O4S2/c1-12-9-19(10-13(2)23-12)25(21,22)15-8-16(24-11-15)17(20)18-14-6-4-3-5-7-14/h3-8,11-13H,9-10H2,1-2H3,(H,18,20)/t12-,13-/m1/s1. The molecule has 1 aromatic heterocycles. The number of sulfonamides is 1. The molecule has 2 heterocycles. The number of rotatable bonds is 4. The molecule has 1 amide bonds. The fourth-order valence-electron chi connectivity index (χ4n) is 2.76. The Labute approximate surface area is 151 Å². The van der Waals surface area contributed by atoms with Gasteiger partial charge >= 0.3 is 0 Å². The molecule has 1 aliphatic heterocycles. The first-order valence-corrected chi connectivity index (χ1v) is 10.3. The van der Waals surface area contributed by atoms with Gasteiger partial charge in [-0.2, -0.15) is 4.31 Å². The Kier molecular flexibility index (Phi) is 5.24. The van der Waals surface area contributed by atoms with Crippen LogP contribution in [0.15, 0.2) is 46.7 Å². The van der Waals surface area contributed by atoms with Gasteiger partial charge in [0.2, 0.25) is 10.0 Å². The number of nitrogens with one attached hydrogen (secondary N) is 1. The highest BCUT2D eigenvalue weighted by Crippen LogP contribution is 2.26. The van der Waals surface area contributed by atoms with E-state index in [1.54, 1.807) is 12.1 Å². The summed E-state index contributed by atoms with van der Waals surface area (Å²) in [5, 5.41) is 4.27. The molecule has 3 rings (SSSR count). The van der Waals surface area contributed by atoms with Crippen molar-refractivity contribution in [2.24, 2.45) is 0 Å². The lowest BCUT2D eigenvalue weighted by atomic mass is 10.3. The molecule has 1 aliphatic rings. The molecule has 0 bridgehead atoms. The number of hydrogen-bond acceptors (Lipinski definition) is 5. The van der Waals surface area contributed by atoms with Gasteiger partial charge < -0.3 is 10.1 Å². The van der Waals surface area contributed by atoms with Crippen LogP contribution >= 0.6 is 11.3 Å². The predicted molar refractivity (Wildman–Crippen MR) is 97.5 cm³/mol. The fraction of sp³-hybridized carbons (Fsp3) is 0.353. The normalized spacial score (nSPS) is 21.8. The van der Waals surface area contributed by atoms with E-state index in [9.17, 15) is 13.2 Å². The lowest BCUT2D eigenvalue weighted by Gasteiger charge is -2.34. The summed E-state index contributed by atoms with van der Waals surface area (Å²) in [5.41, 5.74) is 0.668. The van der Waals surface area contributed by atoms with E-state index in [0.717, 1.165) is 11.3 Å². The van der Waals surface area contributed by atoms with Gasteiger partial charge in [-0.1, -0.05) is 18.2 Å². The van der Waals surface area contributed by atoms with Gasteiger partial charge in [0, 0.05) is 24.2 Å². The van der Waals surface area contributed by atoms with E-state index in [2.05, 4.69) is 5.32 Å². The van der Waals surface area contributed by atoms with Crippen LogP contribution in [-0.2, 0) is 14.8 Å². The number of amides is 1. The summed E-state index contributed by atoms with van der Waals surface area (Å²) >= 11 is 1.12. The topological polar surface area (TPSA) is 75.7 Å². The van der Waals surface area contributed by atoms with E-state index in [1.807, 2.05) is 32.0 Å². The summed E-state index contributed by atoms with van der Waals surface area (Å²) in [6, 6.07) is 10.5. The molecule has 1 fully saturated rings. The van der Waals surface area contributed by atoms with E-state index in [4.69, 9.17) is 4.74 Å². The first-order valence-electron chi connectivity index (χ1n) is 7.97. The number of nitrogens with zero attached hydrogens (tertiary/aromatic N) is 1. The van der Waals surface area contributed by atoms with Crippen molar-refractivity contribution in [3.05, 3.63) is 46.7 Å². The molecule has 0 aliphatic carbocycles. The summed E-state index contributed by atoms with van der Waals surface area (Å²) < 4.78 is 32.6. The highest BCUT2D eigenvalue weighted by Gasteiger charge is 2.33. The molecule has 1 saturated heterocycles. The van der Waals surface area contributed by atoms with Crippen molar-refractivity contribution in [3.8, 4) is 0 Å². The van der Waals surface area contributed by atoms with Crippen LogP contribution in [0.3, 0.4) is 0 Å². The zero-order valence-electron chi connectivity index (χ0n) is 14.0. The van der Waals surface area contributed by atoms with Crippen LogP contribution in [0, 0.1) is 0 Å². The second-order valence-electron chi connectivity index (χ2n) is 6.05. The van der Waals surface area contributed by atoms with Crippen molar-refractivity contribution < 1.29 is 17.9 Å². The zero-order valence-corrected chi connectivity index (χ0v) is 15.6. The first kappa shape index (κ1) is 18.1. The van der Waals surface area contributed by atoms with Crippen LogP contribution in [0.25, 0.3) is 0 Å². The number of anilines is 1. The zero-order chi connectivity index (χ0) is 18.0. The maximum Gasteiger partial charge on any atom is 0.265 e. The number of morpholine rings is 1. The smallest absolute Gasteiger partial charge is 0.265 e. The van der Waals surface area contributed by atoms with E-state index in [0.29, 0.717) is 23.7 Å². The van der Waals surface area contributed by atoms with Crippen molar-refractivity contribution in [3.63, 3.8) is 0 Å². The second-order valence-corrected chi connectivity index (χ2v) is 8.90. The van der Waals surface area contributed by atoms with Crippen molar-refractivity contribution in [2.75, 3.05) is 18.4 Å². The van der Waals surface area contributed by atoms with Crippen molar-refractivity contribution in [1.29, 1.82) is 0 Å². The van der Waals surface area contributed by atoms with E-state index < -0.39 is 10.0 Å². The lowest BCUT2D eigenvalue weighted by molar-refractivity contribution is -0.0440. The van der Waals surface area contributed by atoms with Crippen LogP contribution in [0.2, 0.25) is 0 Å². The number of benzene rings is 1. The number of hydrogen-bond donors (Lipinski definition) is 1. The predicted octanol–water partition coefficient (Wildman–Crippen LogP) is 2.80. The molecule has 0 saturated carbocycles. The van der Waals surface area contributed by atoms with E-state index in [1.165, 1.54) is 15.8 Å². The van der Waals surface area contributed by atoms with Gasteiger partial charge in [-0.25, -0.2) is 8.42 Å². The highest BCUT2D eigenvalue weighted by molar-refractivity contribution is 7.89. The average molecular weight is 380 g/mol. The lowest BCUT2D eigenvalue weighted by Crippen LogP contribution is -2.47. The van der Waals surface area contributed by atoms with Gasteiger partial charge in [0.15, 0.2) is 0 Å². The molecule has 0 spiro atoms. The second kappa shape index (κ2) is 7.25. The number of carbonyl (C=O) groups excluding carboxylic acids is 1. The fourth-order valence-corrected chi connectivity index (χ4v) is 5.51. The minimum absolute atomic E-state index is 0.150. The maximum absolute atomic E-state index is 12.8. The quantitative estimate of drug-likeness (QED) is 0.885. The first-order chi connectivity index (χ1) is 11.9. The maximum atomic E-state index is 12.8.